The Morgan fingerprint density at radius 2 is 2.24 bits per heavy atom. The van der Waals surface area contributed by atoms with E-state index in [9.17, 15) is 4.79 Å². The van der Waals surface area contributed by atoms with E-state index in [1.807, 2.05) is 11.8 Å². The Bertz CT molecular complexity index is 430. The van der Waals surface area contributed by atoms with Crippen LogP contribution in [0.5, 0.6) is 0 Å². The molecule has 0 N–H and O–H groups in total. The van der Waals surface area contributed by atoms with Crippen LogP contribution in [0.3, 0.4) is 0 Å². The van der Waals surface area contributed by atoms with Gasteiger partial charge < -0.3 is 9.32 Å². The summed E-state index contributed by atoms with van der Waals surface area (Å²) in [6, 6.07) is 0. The molecule has 0 bridgehead atoms. The van der Waals surface area contributed by atoms with E-state index in [1.165, 1.54) is 0 Å². The molecule has 1 aliphatic rings. The number of aromatic nitrogens is 1. The van der Waals surface area contributed by atoms with Gasteiger partial charge in [-0.3, -0.25) is 4.79 Å². The molecule has 0 aliphatic carbocycles. The Hall–Kier alpha value is -0.840. The lowest BCUT2D eigenvalue weighted by Gasteiger charge is -2.33. The van der Waals surface area contributed by atoms with Crippen LogP contribution < -0.4 is 0 Å². The van der Waals surface area contributed by atoms with Gasteiger partial charge >= 0.3 is 0 Å². The van der Waals surface area contributed by atoms with E-state index >= 15 is 0 Å². The number of alkyl halides is 1. The van der Waals surface area contributed by atoms with Gasteiger partial charge in [-0.05, 0) is 19.3 Å². The van der Waals surface area contributed by atoms with E-state index in [0.717, 1.165) is 19.5 Å². The summed E-state index contributed by atoms with van der Waals surface area (Å²) in [6.07, 6.45) is 1.02. The van der Waals surface area contributed by atoms with Gasteiger partial charge in [0.1, 0.15) is 0 Å². The lowest BCUT2D eigenvalue weighted by atomic mass is 9.99. The molecular formula is C12H17BrN2O2. The Balaban J connectivity index is 2.13. The maximum absolute atomic E-state index is 12.3. The fourth-order valence-corrected chi connectivity index (χ4v) is 2.69. The zero-order valence-corrected chi connectivity index (χ0v) is 12.0. The molecule has 1 aromatic rings. The van der Waals surface area contributed by atoms with Crippen molar-refractivity contribution >= 4 is 21.8 Å². The van der Waals surface area contributed by atoms with Crippen LogP contribution in [0.4, 0.5) is 0 Å². The van der Waals surface area contributed by atoms with Crippen molar-refractivity contribution in [2.45, 2.75) is 32.0 Å². The molecule has 94 valence electrons. The number of rotatable bonds is 1. The third kappa shape index (κ3) is 2.54. The highest BCUT2D eigenvalue weighted by Crippen LogP contribution is 2.25. The molecule has 2 rings (SSSR count). The molecule has 0 radical (unpaired) electrons. The largest absolute Gasteiger partial charge is 0.436 e. The van der Waals surface area contributed by atoms with Crippen molar-refractivity contribution in [2.75, 3.05) is 13.1 Å². The van der Waals surface area contributed by atoms with E-state index < -0.39 is 0 Å². The summed E-state index contributed by atoms with van der Waals surface area (Å²) in [7, 11) is 0. The fourth-order valence-electron chi connectivity index (χ4n) is 2.08. The van der Waals surface area contributed by atoms with Crippen molar-refractivity contribution < 1.29 is 9.21 Å². The summed E-state index contributed by atoms with van der Waals surface area (Å²) in [6.45, 7) is 7.29. The van der Waals surface area contributed by atoms with E-state index in [0.29, 0.717) is 28.1 Å². The first-order chi connectivity index (χ1) is 7.99. The minimum Gasteiger partial charge on any atom is -0.436 e. The number of amides is 1. The first-order valence-corrected chi connectivity index (χ1v) is 6.78. The zero-order valence-electron chi connectivity index (χ0n) is 10.4. The molecule has 2 heterocycles. The third-order valence-electron chi connectivity index (χ3n) is 3.25. The zero-order chi connectivity index (χ0) is 12.6. The number of oxazole rings is 1. The average molecular weight is 301 g/mol. The first kappa shape index (κ1) is 12.6. The van der Waals surface area contributed by atoms with Crippen molar-refractivity contribution in [2.24, 2.45) is 5.92 Å². The molecule has 17 heavy (non-hydrogen) atoms. The van der Waals surface area contributed by atoms with Crippen LogP contribution in [0.1, 0.15) is 35.5 Å². The molecule has 2 atom stereocenters. The number of hydrogen-bond donors (Lipinski definition) is 0. The van der Waals surface area contributed by atoms with Gasteiger partial charge in [-0.2, -0.15) is 0 Å². The van der Waals surface area contributed by atoms with Crippen LogP contribution in [0.25, 0.3) is 0 Å². The molecule has 2 unspecified atom stereocenters. The average Bonchev–Trinajstić information content (AvgIpc) is 2.61. The second-order valence-corrected chi connectivity index (χ2v) is 5.86. The van der Waals surface area contributed by atoms with Gasteiger partial charge in [0.15, 0.2) is 5.89 Å². The smallest absolute Gasteiger partial charge is 0.291 e. The van der Waals surface area contributed by atoms with Crippen molar-refractivity contribution in [3.63, 3.8) is 0 Å². The van der Waals surface area contributed by atoms with Crippen molar-refractivity contribution in [1.82, 2.24) is 9.88 Å². The molecule has 0 aromatic carbocycles. The standard InChI is InChI=1S/C12H17BrN2O2/c1-7-4-5-15(6-10(7)13)12(16)11-8(2)14-9(3)17-11/h7,10H,4-6H2,1-3H3. The molecule has 1 aliphatic heterocycles. The number of carbonyl (C=O) groups excluding carboxylic acids is 1. The molecular weight excluding hydrogens is 284 g/mol. The Morgan fingerprint density at radius 1 is 1.53 bits per heavy atom. The molecule has 1 saturated heterocycles. The number of halogens is 1. The van der Waals surface area contributed by atoms with E-state index in [-0.39, 0.29) is 5.91 Å². The number of hydrogen-bond acceptors (Lipinski definition) is 3. The number of aryl methyl sites for hydroxylation is 2. The number of piperidine rings is 1. The van der Waals surface area contributed by atoms with Crippen LogP contribution in [-0.4, -0.2) is 33.7 Å². The molecule has 4 nitrogen and oxygen atoms in total. The van der Waals surface area contributed by atoms with Crippen LogP contribution in [0.2, 0.25) is 0 Å². The molecule has 0 spiro atoms. The third-order valence-corrected chi connectivity index (χ3v) is 4.44. The van der Waals surface area contributed by atoms with Crippen LogP contribution in [0, 0.1) is 19.8 Å². The van der Waals surface area contributed by atoms with Gasteiger partial charge in [-0.25, -0.2) is 4.98 Å². The van der Waals surface area contributed by atoms with E-state index in [4.69, 9.17) is 4.42 Å². The van der Waals surface area contributed by atoms with Gasteiger partial charge in [0.2, 0.25) is 5.76 Å². The van der Waals surface area contributed by atoms with Gasteiger partial charge in [0.05, 0.1) is 5.69 Å². The Morgan fingerprint density at radius 3 is 2.76 bits per heavy atom. The maximum atomic E-state index is 12.3. The summed E-state index contributed by atoms with van der Waals surface area (Å²) in [5, 5.41) is 0. The predicted molar refractivity (Wildman–Crippen MR) is 68.4 cm³/mol. The summed E-state index contributed by atoms with van der Waals surface area (Å²) in [4.78, 5) is 18.6. The molecule has 5 heteroatoms. The maximum Gasteiger partial charge on any atom is 0.291 e. The quantitative estimate of drug-likeness (QED) is 0.749. The Labute approximate surface area is 110 Å². The topological polar surface area (TPSA) is 46.3 Å². The van der Waals surface area contributed by atoms with Gasteiger partial charge in [-0.1, -0.05) is 22.9 Å². The second-order valence-electron chi connectivity index (χ2n) is 4.68. The number of carbonyl (C=O) groups is 1. The molecule has 1 fully saturated rings. The molecule has 1 amide bonds. The van der Waals surface area contributed by atoms with E-state index in [1.54, 1.807) is 6.92 Å². The monoisotopic (exact) mass is 300 g/mol. The minimum atomic E-state index is -0.0422. The molecule has 0 saturated carbocycles. The normalized spacial score (nSPS) is 25.1. The van der Waals surface area contributed by atoms with Crippen molar-refractivity contribution in [3.8, 4) is 0 Å². The summed E-state index contributed by atoms with van der Waals surface area (Å²) in [5.74, 6) is 1.50. The van der Waals surface area contributed by atoms with E-state index in [2.05, 4.69) is 27.8 Å². The highest BCUT2D eigenvalue weighted by molar-refractivity contribution is 9.09. The molecule has 1 aromatic heterocycles. The van der Waals surface area contributed by atoms with Crippen molar-refractivity contribution in [1.29, 1.82) is 0 Å². The summed E-state index contributed by atoms with van der Waals surface area (Å²) in [5.41, 5.74) is 0.678. The lowest BCUT2D eigenvalue weighted by Crippen LogP contribution is -2.43. The fraction of sp³-hybridized carbons (Fsp3) is 0.667. The van der Waals surface area contributed by atoms with Gasteiger partial charge in [-0.15, -0.1) is 0 Å². The highest BCUT2D eigenvalue weighted by Gasteiger charge is 2.30. The van der Waals surface area contributed by atoms with Crippen LogP contribution >= 0.6 is 15.9 Å². The van der Waals surface area contributed by atoms with Gasteiger partial charge in [0, 0.05) is 24.8 Å². The van der Waals surface area contributed by atoms with Crippen LogP contribution in [0.15, 0.2) is 4.42 Å². The Kier molecular flexibility index (Phi) is 3.56. The van der Waals surface area contributed by atoms with Crippen LogP contribution in [-0.2, 0) is 0 Å². The van der Waals surface area contributed by atoms with Crippen molar-refractivity contribution in [3.05, 3.63) is 17.3 Å². The highest BCUT2D eigenvalue weighted by atomic mass is 79.9. The minimum absolute atomic E-state index is 0.0422. The predicted octanol–water partition coefficient (Wildman–Crippen LogP) is 2.54. The first-order valence-electron chi connectivity index (χ1n) is 5.86. The number of nitrogens with zero attached hydrogens (tertiary/aromatic N) is 2. The second kappa shape index (κ2) is 4.80. The summed E-state index contributed by atoms with van der Waals surface area (Å²) >= 11 is 3.62. The van der Waals surface area contributed by atoms with Gasteiger partial charge in [0.25, 0.3) is 5.91 Å². The SMILES string of the molecule is Cc1nc(C)c(C(=O)N2CCC(C)C(Br)C2)o1. The number of likely N-dealkylation sites (tertiary alicyclic amines) is 1. The lowest BCUT2D eigenvalue weighted by molar-refractivity contribution is 0.0671. The summed E-state index contributed by atoms with van der Waals surface area (Å²) < 4.78 is 5.37.